The smallest absolute Gasteiger partial charge is 0.150 e. The molecule has 0 saturated carbocycles. The average molecular weight is 369 g/mol. The minimum absolute atomic E-state index is 0.456. The molecular weight excluding hydrogens is 353 g/mol. The van der Waals surface area contributed by atoms with Crippen LogP contribution >= 0.6 is 22.6 Å². The van der Waals surface area contributed by atoms with Gasteiger partial charge < -0.3 is 5.73 Å². The highest BCUT2D eigenvalue weighted by molar-refractivity contribution is 14.1. The lowest BCUT2D eigenvalue weighted by molar-refractivity contribution is 0.370. The van der Waals surface area contributed by atoms with Crippen LogP contribution in [0.15, 0.2) is 25.0 Å². The van der Waals surface area contributed by atoms with Crippen molar-refractivity contribution in [3.05, 3.63) is 34.6 Å². The molecule has 0 spiro atoms. The minimum atomic E-state index is 0.456. The summed E-state index contributed by atoms with van der Waals surface area (Å²) in [6.07, 6.45) is 6.77. The SMILES string of the molecule is C=CCN1CC[C@H](c2nc(I)c3c(N)nccn23)C1. The van der Waals surface area contributed by atoms with Crippen LogP contribution < -0.4 is 5.73 Å². The molecule has 6 heteroatoms. The molecule has 19 heavy (non-hydrogen) atoms. The van der Waals surface area contributed by atoms with Crippen LogP contribution in [-0.4, -0.2) is 38.9 Å². The van der Waals surface area contributed by atoms with E-state index in [0.29, 0.717) is 11.7 Å². The predicted molar refractivity (Wildman–Crippen MR) is 84.1 cm³/mol. The fourth-order valence-corrected chi connectivity index (χ4v) is 3.51. The average Bonchev–Trinajstić information content (AvgIpc) is 2.96. The van der Waals surface area contributed by atoms with Gasteiger partial charge in [0.2, 0.25) is 0 Å². The van der Waals surface area contributed by atoms with Crippen LogP contribution in [0.25, 0.3) is 5.52 Å². The van der Waals surface area contributed by atoms with Gasteiger partial charge in [0.05, 0.1) is 0 Å². The van der Waals surface area contributed by atoms with Gasteiger partial charge in [-0.25, -0.2) is 9.97 Å². The second-order valence-electron chi connectivity index (χ2n) is 4.83. The van der Waals surface area contributed by atoms with Gasteiger partial charge in [-0.2, -0.15) is 0 Å². The molecule has 0 aliphatic carbocycles. The maximum absolute atomic E-state index is 5.94. The Morgan fingerprint density at radius 3 is 3.21 bits per heavy atom. The Balaban J connectivity index is 1.98. The van der Waals surface area contributed by atoms with E-state index in [2.05, 4.69) is 43.5 Å². The highest BCUT2D eigenvalue weighted by atomic mass is 127. The summed E-state index contributed by atoms with van der Waals surface area (Å²) in [6, 6.07) is 0. The van der Waals surface area contributed by atoms with E-state index in [1.165, 1.54) is 0 Å². The Bertz CT molecular complexity index is 621. The largest absolute Gasteiger partial charge is 0.382 e. The van der Waals surface area contributed by atoms with E-state index in [1.807, 2.05) is 12.3 Å². The Hall–Kier alpha value is -1.15. The van der Waals surface area contributed by atoms with E-state index in [9.17, 15) is 0 Å². The van der Waals surface area contributed by atoms with Gasteiger partial charge in [-0.15, -0.1) is 6.58 Å². The second-order valence-corrected chi connectivity index (χ2v) is 5.85. The molecular formula is C13H16IN5. The molecule has 2 aromatic heterocycles. The molecule has 1 saturated heterocycles. The maximum atomic E-state index is 5.94. The molecule has 0 aromatic carbocycles. The normalized spacial score (nSPS) is 20.2. The summed E-state index contributed by atoms with van der Waals surface area (Å²) in [5.74, 6) is 2.10. The molecule has 1 aliphatic heterocycles. The van der Waals surface area contributed by atoms with Crippen LogP contribution in [-0.2, 0) is 0 Å². The zero-order valence-electron chi connectivity index (χ0n) is 10.6. The first kappa shape index (κ1) is 12.9. The number of aromatic nitrogens is 3. The number of nitrogen functional groups attached to an aromatic ring is 1. The van der Waals surface area contributed by atoms with E-state index in [4.69, 9.17) is 10.7 Å². The molecule has 1 atom stereocenters. The maximum Gasteiger partial charge on any atom is 0.150 e. The molecule has 0 amide bonds. The van der Waals surface area contributed by atoms with Crippen molar-refractivity contribution in [3.8, 4) is 0 Å². The van der Waals surface area contributed by atoms with Gasteiger partial charge in [0, 0.05) is 31.4 Å². The van der Waals surface area contributed by atoms with Crippen molar-refractivity contribution >= 4 is 33.9 Å². The quantitative estimate of drug-likeness (QED) is 0.663. The zero-order valence-corrected chi connectivity index (χ0v) is 12.7. The fourth-order valence-electron chi connectivity index (χ4n) is 2.72. The number of anilines is 1. The summed E-state index contributed by atoms with van der Waals surface area (Å²) in [4.78, 5) is 11.2. The van der Waals surface area contributed by atoms with Crippen LogP contribution in [0.5, 0.6) is 0 Å². The molecule has 5 nitrogen and oxygen atoms in total. The molecule has 2 aromatic rings. The fraction of sp³-hybridized carbons (Fsp3) is 0.385. The number of hydrogen-bond acceptors (Lipinski definition) is 4. The van der Waals surface area contributed by atoms with E-state index < -0.39 is 0 Å². The van der Waals surface area contributed by atoms with Crippen molar-refractivity contribution in [1.82, 2.24) is 19.3 Å². The molecule has 3 heterocycles. The van der Waals surface area contributed by atoms with E-state index in [-0.39, 0.29) is 0 Å². The van der Waals surface area contributed by atoms with Crippen molar-refractivity contribution in [2.45, 2.75) is 12.3 Å². The van der Waals surface area contributed by atoms with E-state index in [1.54, 1.807) is 6.20 Å². The first-order chi connectivity index (χ1) is 9.20. The number of nitrogens with zero attached hydrogens (tertiary/aromatic N) is 4. The third-order valence-corrected chi connectivity index (χ3v) is 4.34. The number of hydrogen-bond donors (Lipinski definition) is 1. The molecule has 1 aliphatic rings. The standard InChI is InChI=1S/C13H16IN5/c1-2-5-18-6-3-9(8-18)13-17-11(14)10-12(15)16-4-7-19(10)13/h2,4,7,9H,1,3,5-6,8H2,(H2,15,16)/t9-/m0/s1. The number of nitrogens with two attached hydrogens (primary N) is 1. The lowest BCUT2D eigenvalue weighted by Crippen LogP contribution is -2.20. The molecule has 100 valence electrons. The number of halogens is 1. The topological polar surface area (TPSA) is 59.5 Å². The second kappa shape index (κ2) is 5.09. The number of likely N-dealkylation sites (tertiary alicyclic amines) is 1. The highest BCUT2D eigenvalue weighted by Crippen LogP contribution is 2.29. The Labute approximate surface area is 125 Å². The van der Waals surface area contributed by atoms with Crippen LogP contribution in [0.2, 0.25) is 0 Å². The van der Waals surface area contributed by atoms with Crippen molar-refractivity contribution in [2.24, 2.45) is 0 Å². The van der Waals surface area contributed by atoms with Gasteiger partial charge in [0.15, 0.2) is 5.82 Å². The van der Waals surface area contributed by atoms with Crippen LogP contribution in [0, 0.1) is 3.70 Å². The van der Waals surface area contributed by atoms with Crippen molar-refractivity contribution in [3.63, 3.8) is 0 Å². The van der Waals surface area contributed by atoms with Crippen LogP contribution in [0.1, 0.15) is 18.2 Å². The summed E-state index contributed by atoms with van der Waals surface area (Å²) < 4.78 is 3.02. The Kier molecular flexibility index (Phi) is 3.44. The number of imidazole rings is 1. The Morgan fingerprint density at radius 1 is 1.58 bits per heavy atom. The molecule has 0 unspecified atom stereocenters. The van der Waals surface area contributed by atoms with Crippen molar-refractivity contribution in [2.75, 3.05) is 25.4 Å². The summed E-state index contributed by atoms with van der Waals surface area (Å²) in [7, 11) is 0. The van der Waals surface area contributed by atoms with E-state index in [0.717, 1.165) is 41.1 Å². The monoisotopic (exact) mass is 369 g/mol. The summed E-state index contributed by atoms with van der Waals surface area (Å²) in [5.41, 5.74) is 6.87. The Morgan fingerprint density at radius 2 is 2.42 bits per heavy atom. The van der Waals surface area contributed by atoms with Crippen LogP contribution in [0.4, 0.5) is 5.82 Å². The van der Waals surface area contributed by atoms with E-state index >= 15 is 0 Å². The van der Waals surface area contributed by atoms with Gasteiger partial charge in [-0.1, -0.05) is 6.08 Å². The highest BCUT2D eigenvalue weighted by Gasteiger charge is 2.27. The summed E-state index contributed by atoms with van der Waals surface area (Å²) >= 11 is 2.23. The molecule has 1 fully saturated rings. The zero-order chi connectivity index (χ0) is 13.4. The third kappa shape index (κ3) is 2.23. The van der Waals surface area contributed by atoms with Crippen molar-refractivity contribution in [1.29, 1.82) is 0 Å². The summed E-state index contributed by atoms with van der Waals surface area (Å²) in [5, 5.41) is 0. The first-order valence-corrected chi connectivity index (χ1v) is 7.39. The van der Waals surface area contributed by atoms with Gasteiger partial charge >= 0.3 is 0 Å². The van der Waals surface area contributed by atoms with Crippen molar-refractivity contribution < 1.29 is 0 Å². The van der Waals surface area contributed by atoms with Gasteiger partial charge in [-0.05, 0) is 35.6 Å². The van der Waals surface area contributed by atoms with Gasteiger partial charge in [0.1, 0.15) is 15.0 Å². The lowest BCUT2D eigenvalue weighted by atomic mass is 10.1. The van der Waals surface area contributed by atoms with Gasteiger partial charge in [0.25, 0.3) is 0 Å². The molecule has 0 bridgehead atoms. The molecule has 3 rings (SSSR count). The number of rotatable bonds is 3. The minimum Gasteiger partial charge on any atom is -0.382 e. The van der Waals surface area contributed by atoms with Crippen LogP contribution in [0.3, 0.4) is 0 Å². The third-order valence-electron chi connectivity index (χ3n) is 3.59. The first-order valence-electron chi connectivity index (χ1n) is 6.32. The predicted octanol–water partition coefficient (Wildman–Crippen LogP) is 1.89. The van der Waals surface area contributed by atoms with Gasteiger partial charge in [-0.3, -0.25) is 9.30 Å². The number of fused-ring (bicyclic) bond motifs is 1. The molecule has 2 N–H and O–H groups in total. The summed E-state index contributed by atoms with van der Waals surface area (Å²) in [6.45, 7) is 6.88. The lowest BCUT2D eigenvalue weighted by Gasteiger charge is -2.12. The molecule has 0 radical (unpaired) electrons.